The Kier molecular flexibility index (Phi) is 1.79. The fourth-order valence-corrected chi connectivity index (χ4v) is 1.59. The third-order valence-corrected chi connectivity index (χ3v) is 2.34. The number of hydrogen-bond acceptors (Lipinski definition) is 2. The molecule has 0 saturated carbocycles. The maximum atomic E-state index is 12.8. The molecule has 0 aliphatic carbocycles. The van der Waals surface area contributed by atoms with Crippen LogP contribution >= 0.6 is 0 Å². The molecule has 3 heteroatoms. The minimum absolute atomic E-state index is 0.0348. The summed E-state index contributed by atoms with van der Waals surface area (Å²) in [4.78, 5) is 13.4. The molecule has 0 radical (unpaired) electrons. The lowest BCUT2D eigenvalue weighted by Gasteiger charge is -2.26. The van der Waals surface area contributed by atoms with Gasteiger partial charge in [0.25, 0.3) is 0 Å². The van der Waals surface area contributed by atoms with Crippen LogP contribution in [0.5, 0.6) is 0 Å². The van der Waals surface area contributed by atoms with E-state index in [0.717, 1.165) is 12.2 Å². The molecule has 68 valence electrons. The second kappa shape index (κ2) is 2.83. The number of Topliss-reactive ketones (excluding diaryl/α,β-unsaturated/α-hetero) is 1. The SMILES string of the molecule is CN1CCC(=O)c2cc(F)ccc21. The number of nitrogens with zero attached hydrogens (tertiary/aromatic N) is 1. The summed E-state index contributed by atoms with van der Waals surface area (Å²) in [7, 11) is 1.91. The molecule has 0 N–H and O–H groups in total. The monoisotopic (exact) mass is 179 g/mol. The molecule has 0 aromatic heterocycles. The molecular formula is C10H10FNO. The van der Waals surface area contributed by atoms with Gasteiger partial charge in [-0.3, -0.25) is 4.79 Å². The normalized spacial score (nSPS) is 15.8. The Morgan fingerprint density at radius 2 is 2.23 bits per heavy atom. The van der Waals surface area contributed by atoms with Gasteiger partial charge < -0.3 is 4.90 Å². The number of carbonyl (C=O) groups is 1. The molecule has 13 heavy (non-hydrogen) atoms. The van der Waals surface area contributed by atoms with Crippen LogP contribution < -0.4 is 4.90 Å². The summed E-state index contributed by atoms with van der Waals surface area (Å²) in [5.41, 5.74) is 1.34. The van der Waals surface area contributed by atoms with E-state index in [0.29, 0.717) is 12.0 Å². The Labute approximate surface area is 76.0 Å². The molecule has 2 rings (SSSR count). The van der Waals surface area contributed by atoms with E-state index in [4.69, 9.17) is 0 Å². The second-order valence-corrected chi connectivity index (χ2v) is 3.26. The molecule has 0 fully saturated rings. The number of hydrogen-bond donors (Lipinski definition) is 0. The number of ketones is 1. The Balaban J connectivity index is 2.57. The van der Waals surface area contributed by atoms with Crippen LogP contribution in [0.4, 0.5) is 10.1 Å². The predicted octanol–water partition coefficient (Wildman–Crippen LogP) is 1.85. The van der Waals surface area contributed by atoms with Gasteiger partial charge in [0.05, 0.1) is 0 Å². The predicted molar refractivity (Wildman–Crippen MR) is 48.6 cm³/mol. The largest absolute Gasteiger partial charge is 0.374 e. The summed E-state index contributed by atoms with van der Waals surface area (Å²) in [6, 6.07) is 4.35. The molecule has 1 aromatic carbocycles. The van der Waals surface area contributed by atoms with E-state index in [1.54, 1.807) is 6.07 Å². The zero-order chi connectivity index (χ0) is 9.42. The van der Waals surface area contributed by atoms with Crippen LogP contribution in [0.2, 0.25) is 0 Å². The van der Waals surface area contributed by atoms with Crippen LogP contribution in [0.15, 0.2) is 18.2 Å². The van der Waals surface area contributed by atoms with E-state index >= 15 is 0 Å². The van der Waals surface area contributed by atoms with E-state index < -0.39 is 0 Å². The number of fused-ring (bicyclic) bond motifs is 1. The van der Waals surface area contributed by atoms with Gasteiger partial charge in [0.15, 0.2) is 5.78 Å². The highest BCUT2D eigenvalue weighted by Gasteiger charge is 2.20. The van der Waals surface area contributed by atoms with Crippen LogP contribution in [0.25, 0.3) is 0 Å². The third kappa shape index (κ3) is 1.30. The van der Waals surface area contributed by atoms with Crippen molar-refractivity contribution >= 4 is 11.5 Å². The Hall–Kier alpha value is -1.38. The van der Waals surface area contributed by atoms with Gasteiger partial charge in [-0.1, -0.05) is 0 Å². The molecule has 1 aliphatic rings. The van der Waals surface area contributed by atoms with Crippen LogP contribution in [0, 0.1) is 5.82 Å². The number of halogens is 1. The highest BCUT2D eigenvalue weighted by molar-refractivity contribution is 6.03. The van der Waals surface area contributed by atoms with Gasteiger partial charge in [0, 0.05) is 31.3 Å². The van der Waals surface area contributed by atoms with Crippen molar-refractivity contribution in [3.05, 3.63) is 29.6 Å². The fourth-order valence-electron chi connectivity index (χ4n) is 1.59. The van der Waals surface area contributed by atoms with Crippen LogP contribution in [-0.2, 0) is 0 Å². The smallest absolute Gasteiger partial charge is 0.166 e. The lowest BCUT2D eigenvalue weighted by Crippen LogP contribution is -2.28. The lowest BCUT2D eigenvalue weighted by atomic mass is 10.0. The molecule has 1 heterocycles. The Bertz CT molecular complexity index is 362. The first-order valence-electron chi connectivity index (χ1n) is 4.22. The molecule has 2 nitrogen and oxygen atoms in total. The molecule has 0 unspecified atom stereocenters. The Morgan fingerprint density at radius 1 is 1.46 bits per heavy atom. The minimum Gasteiger partial charge on any atom is -0.374 e. The number of rotatable bonds is 0. The first kappa shape index (κ1) is 8.23. The maximum absolute atomic E-state index is 12.8. The maximum Gasteiger partial charge on any atom is 0.166 e. The molecule has 1 aliphatic heterocycles. The molecule has 0 bridgehead atoms. The van der Waals surface area contributed by atoms with Crippen molar-refractivity contribution < 1.29 is 9.18 Å². The zero-order valence-corrected chi connectivity index (χ0v) is 7.38. The molecule has 0 atom stereocenters. The first-order valence-corrected chi connectivity index (χ1v) is 4.22. The molecule has 0 amide bonds. The second-order valence-electron chi connectivity index (χ2n) is 3.26. The van der Waals surface area contributed by atoms with Crippen LogP contribution in [0.3, 0.4) is 0 Å². The van der Waals surface area contributed by atoms with Crippen molar-refractivity contribution in [2.45, 2.75) is 6.42 Å². The highest BCUT2D eigenvalue weighted by Crippen LogP contribution is 2.26. The van der Waals surface area contributed by atoms with Crippen molar-refractivity contribution in [3.63, 3.8) is 0 Å². The van der Waals surface area contributed by atoms with Crippen LogP contribution in [-0.4, -0.2) is 19.4 Å². The summed E-state index contributed by atoms with van der Waals surface area (Å²) < 4.78 is 12.8. The van der Waals surface area contributed by atoms with E-state index in [1.807, 2.05) is 11.9 Å². The summed E-state index contributed by atoms with van der Waals surface area (Å²) in [5, 5.41) is 0. The Morgan fingerprint density at radius 3 is 3.00 bits per heavy atom. The van der Waals surface area contributed by atoms with E-state index in [1.165, 1.54) is 12.1 Å². The topological polar surface area (TPSA) is 20.3 Å². The number of carbonyl (C=O) groups excluding carboxylic acids is 1. The summed E-state index contributed by atoms with van der Waals surface area (Å²) >= 11 is 0. The third-order valence-electron chi connectivity index (χ3n) is 2.34. The van der Waals surface area contributed by atoms with E-state index in [-0.39, 0.29) is 11.6 Å². The van der Waals surface area contributed by atoms with Gasteiger partial charge in [-0.25, -0.2) is 4.39 Å². The molecule has 0 saturated heterocycles. The minimum atomic E-state index is -0.345. The average Bonchev–Trinajstić information content (AvgIpc) is 2.12. The average molecular weight is 179 g/mol. The van der Waals surface area contributed by atoms with Crippen LogP contribution in [0.1, 0.15) is 16.8 Å². The summed E-state index contributed by atoms with van der Waals surface area (Å²) in [6.45, 7) is 0.720. The standard InChI is InChI=1S/C10H10FNO/c1-12-5-4-10(13)8-6-7(11)2-3-9(8)12/h2-3,6H,4-5H2,1H3. The summed E-state index contributed by atoms with van der Waals surface area (Å²) in [5.74, 6) is -0.310. The molecular weight excluding hydrogens is 169 g/mol. The number of benzene rings is 1. The van der Waals surface area contributed by atoms with E-state index in [9.17, 15) is 9.18 Å². The van der Waals surface area contributed by atoms with Gasteiger partial charge in [-0.2, -0.15) is 0 Å². The fraction of sp³-hybridized carbons (Fsp3) is 0.300. The first-order chi connectivity index (χ1) is 6.18. The van der Waals surface area contributed by atoms with Gasteiger partial charge in [-0.05, 0) is 18.2 Å². The van der Waals surface area contributed by atoms with Crippen molar-refractivity contribution in [1.29, 1.82) is 0 Å². The highest BCUT2D eigenvalue weighted by atomic mass is 19.1. The van der Waals surface area contributed by atoms with Gasteiger partial charge in [0.1, 0.15) is 5.82 Å². The molecule has 1 aromatic rings. The van der Waals surface area contributed by atoms with Crippen molar-refractivity contribution in [2.75, 3.05) is 18.5 Å². The van der Waals surface area contributed by atoms with Crippen molar-refractivity contribution in [1.82, 2.24) is 0 Å². The van der Waals surface area contributed by atoms with Crippen molar-refractivity contribution in [3.8, 4) is 0 Å². The van der Waals surface area contributed by atoms with Gasteiger partial charge >= 0.3 is 0 Å². The van der Waals surface area contributed by atoms with Gasteiger partial charge in [0.2, 0.25) is 0 Å². The van der Waals surface area contributed by atoms with Gasteiger partial charge in [-0.15, -0.1) is 0 Å². The summed E-state index contributed by atoms with van der Waals surface area (Å²) in [6.07, 6.45) is 0.479. The molecule has 0 spiro atoms. The number of anilines is 1. The lowest BCUT2D eigenvalue weighted by molar-refractivity contribution is 0.0980. The quantitative estimate of drug-likeness (QED) is 0.605. The van der Waals surface area contributed by atoms with E-state index in [2.05, 4.69) is 0 Å². The zero-order valence-electron chi connectivity index (χ0n) is 7.38. The van der Waals surface area contributed by atoms with Crippen molar-refractivity contribution in [2.24, 2.45) is 0 Å².